The zero-order valence-electron chi connectivity index (χ0n) is 27.3. The number of rotatable bonds is 8. The van der Waals surface area contributed by atoms with Crippen molar-refractivity contribution in [2.24, 2.45) is 0 Å². The number of halogens is 1. The van der Waals surface area contributed by atoms with Crippen LogP contribution in [-0.4, -0.2) is 49.4 Å². The van der Waals surface area contributed by atoms with Gasteiger partial charge in [-0.05, 0) is 69.3 Å². The van der Waals surface area contributed by atoms with E-state index in [1.165, 1.54) is 16.7 Å². The molecule has 0 radical (unpaired) electrons. The minimum absolute atomic E-state index is 0. The maximum Gasteiger partial charge on any atom is 0.355 e. The summed E-state index contributed by atoms with van der Waals surface area (Å²) in [6.45, 7) is 6.78. The molecule has 0 bridgehead atoms. The lowest BCUT2D eigenvalue weighted by atomic mass is 10.1. The van der Waals surface area contributed by atoms with Gasteiger partial charge in [-0.3, -0.25) is 23.6 Å². The van der Waals surface area contributed by atoms with Crippen molar-refractivity contribution in [3.05, 3.63) is 133 Å². The van der Waals surface area contributed by atoms with Gasteiger partial charge in [-0.2, -0.15) is 0 Å². The van der Waals surface area contributed by atoms with Crippen molar-refractivity contribution in [3.8, 4) is 0 Å². The van der Waals surface area contributed by atoms with Crippen LogP contribution in [0.5, 0.6) is 0 Å². The van der Waals surface area contributed by atoms with Crippen molar-refractivity contribution in [3.63, 3.8) is 0 Å². The maximum absolute atomic E-state index is 14.8. The molecule has 1 fully saturated rings. The summed E-state index contributed by atoms with van der Waals surface area (Å²) >= 11 is 0. The molecule has 48 heavy (non-hydrogen) atoms. The average Bonchev–Trinajstić information content (AvgIpc) is 3.06. The van der Waals surface area contributed by atoms with Crippen LogP contribution in [0, 0.1) is 0 Å². The molecule has 0 spiro atoms. The number of carbonyl (C=O) groups excluding carboxylic acids is 3. The number of hydrogen-bond donors (Lipinski definition) is 0. The number of para-hydroxylation sites is 1. The normalized spacial score (nSPS) is 19.0. The molecule has 1 unspecified atom stereocenters. The average molecular weight is 746 g/mol. The zero-order chi connectivity index (χ0) is 33.3. The third kappa shape index (κ3) is 6.56. The Labute approximate surface area is 295 Å². The highest BCUT2D eigenvalue weighted by molar-refractivity contribution is 7.96. The molecule has 0 aliphatic carbocycles. The number of amides is 2. The number of β-lactam (4-membered cyclic amide) rings is 1. The van der Waals surface area contributed by atoms with Gasteiger partial charge in [0.2, 0.25) is 11.8 Å². The molecular weight excluding hydrogens is 707 g/mol. The van der Waals surface area contributed by atoms with Gasteiger partial charge in [0, 0.05) is 18.2 Å². The summed E-state index contributed by atoms with van der Waals surface area (Å²) in [5.74, 6) is -1.29. The number of anilines is 1. The van der Waals surface area contributed by atoms with Crippen LogP contribution in [-0.2, 0) is 29.9 Å². The highest BCUT2D eigenvalue weighted by Gasteiger charge is 2.58. The largest absolute Gasteiger partial charge is 1.00 e. The topological polar surface area (TPSA) is 84.0 Å². The molecule has 4 aromatic rings. The Morgan fingerprint density at radius 1 is 0.812 bits per heavy atom. The first kappa shape index (κ1) is 35.4. The van der Waals surface area contributed by atoms with E-state index < -0.39 is 40.4 Å². The second kappa shape index (κ2) is 14.3. The molecule has 2 aliphatic heterocycles. The first-order valence-corrected chi connectivity index (χ1v) is 18.9. The van der Waals surface area contributed by atoms with Gasteiger partial charge in [0.1, 0.15) is 51.4 Å². The fourth-order valence-corrected chi connectivity index (χ4v) is 12.9. The van der Waals surface area contributed by atoms with Gasteiger partial charge in [-0.15, -0.1) is 0 Å². The molecule has 0 saturated carbocycles. The Balaban J connectivity index is 0.00000451. The summed E-state index contributed by atoms with van der Waals surface area (Å²) < 4.78 is 20.7. The maximum atomic E-state index is 14.8. The quantitative estimate of drug-likeness (QED) is 0.157. The number of carbonyl (C=O) groups is 3. The number of nitrogens with zero attached hydrogens (tertiary/aromatic N) is 2. The van der Waals surface area contributed by atoms with Crippen molar-refractivity contribution in [1.82, 2.24) is 4.90 Å². The summed E-state index contributed by atoms with van der Waals surface area (Å²) in [6.07, 6.45) is 0.253. The van der Waals surface area contributed by atoms with Crippen LogP contribution in [0.25, 0.3) is 0 Å². The van der Waals surface area contributed by atoms with E-state index in [1.807, 2.05) is 72.8 Å². The Bertz CT molecular complexity index is 1750. The van der Waals surface area contributed by atoms with Crippen LogP contribution >= 0.6 is 7.26 Å². The number of fused-ring (bicyclic) bond motifs is 1. The molecule has 1 saturated heterocycles. The lowest BCUT2D eigenvalue weighted by molar-refractivity contribution is -0.157. The molecule has 0 aromatic heterocycles. The molecule has 2 heterocycles. The third-order valence-electron chi connectivity index (χ3n) is 8.44. The minimum Gasteiger partial charge on any atom is -1.00 e. The van der Waals surface area contributed by atoms with Crippen LogP contribution in [0.15, 0.2) is 133 Å². The smallest absolute Gasteiger partial charge is 0.355 e. The Morgan fingerprint density at radius 2 is 1.25 bits per heavy atom. The van der Waals surface area contributed by atoms with Gasteiger partial charge in [-0.25, -0.2) is 4.79 Å². The predicted molar refractivity (Wildman–Crippen MR) is 190 cm³/mol. The van der Waals surface area contributed by atoms with Crippen LogP contribution in [0.3, 0.4) is 0 Å². The Hall–Kier alpha value is -3.91. The number of esters is 1. The third-order valence-corrected chi connectivity index (χ3v) is 14.6. The molecule has 6 rings (SSSR count). The fraction of sp³-hybridized carbons (Fsp3) is 0.237. The first-order chi connectivity index (χ1) is 22.5. The summed E-state index contributed by atoms with van der Waals surface area (Å²) in [6, 6.07) is 39.5. The van der Waals surface area contributed by atoms with Crippen molar-refractivity contribution in [2.45, 2.75) is 50.5 Å². The van der Waals surface area contributed by atoms with E-state index in [4.69, 9.17) is 4.74 Å². The molecular formula is C38H38BrN2O5PS. The van der Waals surface area contributed by atoms with Crippen molar-refractivity contribution in [1.29, 1.82) is 0 Å². The standard InChI is InChI=1S/C38H38N2O5PS.BrH/c1-27(41)39(28-17-9-5-10-18-28)36-32(35(37(43)45-38(2,3)4)40-33(42)25-34(40)47(36)44)26-46(29-19-11-6-12-20-29,30-21-13-7-14-22-30)31-23-15-8-16-24-31;/h5-24,34,36H,25-26H2,1-4H3;1H/q+1;/p-1/t34-,36?,47-;/m1./s1. The fourth-order valence-electron chi connectivity index (χ4n) is 6.47. The molecule has 0 N–H and O–H groups in total. The molecule has 7 nitrogen and oxygen atoms in total. The van der Waals surface area contributed by atoms with E-state index in [9.17, 15) is 18.6 Å². The van der Waals surface area contributed by atoms with Gasteiger partial charge in [0.25, 0.3) is 0 Å². The highest BCUT2D eigenvalue weighted by atomic mass is 79.9. The number of benzene rings is 4. The second-order valence-corrected chi connectivity index (χ2v) is 17.8. The minimum atomic E-state index is -2.69. The van der Waals surface area contributed by atoms with Crippen molar-refractivity contribution in [2.75, 3.05) is 11.1 Å². The molecule has 10 heteroatoms. The summed E-state index contributed by atoms with van der Waals surface area (Å²) in [5.41, 5.74) is 0.224. The number of ether oxygens (including phenoxy) is 1. The van der Waals surface area contributed by atoms with E-state index in [2.05, 4.69) is 36.4 Å². The van der Waals surface area contributed by atoms with Gasteiger partial charge < -0.3 is 21.7 Å². The van der Waals surface area contributed by atoms with Gasteiger partial charge in [-0.1, -0.05) is 72.8 Å². The second-order valence-electron chi connectivity index (χ2n) is 12.7. The summed E-state index contributed by atoms with van der Waals surface area (Å²) in [7, 11) is -4.46. The van der Waals surface area contributed by atoms with Gasteiger partial charge >= 0.3 is 5.97 Å². The molecule has 2 amide bonds. The lowest BCUT2D eigenvalue weighted by Gasteiger charge is -2.49. The van der Waals surface area contributed by atoms with E-state index in [0.717, 1.165) is 15.9 Å². The van der Waals surface area contributed by atoms with E-state index in [0.29, 0.717) is 11.3 Å². The van der Waals surface area contributed by atoms with Gasteiger partial charge in [0.15, 0.2) is 0 Å². The SMILES string of the molecule is CC(=O)N(c1ccccc1)C1C(C[P+](c2ccccc2)(c2ccccc2)c2ccccc2)=C(C(=O)OC(C)(C)C)N2C(=O)C[C@H]2[S@]1=O.[Br-]. The first-order valence-electron chi connectivity index (χ1n) is 15.6. The van der Waals surface area contributed by atoms with Crippen molar-refractivity contribution >= 4 is 57.4 Å². The van der Waals surface area contributed by atoms with E-state index >= 15 is 0 Å². The Morgan fingerprint density at radius 3 is 1.65 bits per heavy atom. The van der Waals surface area contributed by atoms with E-state index in [1.54, 1.807) is 32.9 Å². The Kier molecular flexibility index (Phi) is 10.5. The predicted octanol–water partition coefficient (Wildman–Crippen LogP) is 2.28. The highest BCUT2D eigenvalue weighted by Crippen LogP contribution is 2.59. The monoisotopic (exact) mass is 744 g/mol. The van der Waals surface area contributed by atoms with Crippen LogP contribution in [0.1, 0.15) is 34.1 Å². The molecule has 3 atom stereocenters. The van der Waals surface area contributed by atoms with Crippen molar-refractivity contribution < 1.29 is 40.3 Å². The van der Waals surface area contributed by atoms with E-state index in [-0.39, 0.29) is 47.1 Å². The summed E-state index contributed by atoms with van der Waals surface area (Å²) in [4.78, 5) is 44.3. The van der Waals surface area contributed by atoms with Crippen LogP contribution in [0.2, 0.25) is 0 Å². The van der Waals surface area contributed by atoms with Crippen LogP contribution in [0.4, 0.5) is 5.69 Å². The molecule has 2 aliphatic rings. The number of hydrogen-bond acceptors (Lipinski definition) is 5. The van der Waals surface area contributed by atoms with Gasteiger partial charge in [0.05, 0.1) is 17.2 Å². The molecule has 248 valence electrons. The summed E-state index contributed by atoms with van der Waals surface area (Å²) in [5, 5.41) is 1.35. The van der Waals surface area contributed by atoms with Crippen LogP contribution < -0.4 is 37.8 Å². The zero-order valence-corrected chi connectivity index (χ0v) is 30.6. The molecule has 4 aromatic carbocycles. The lowest BCUT2D eigenvalue weighted by Crippen LogP contribution is -3.00.